The molecule has 2 atom stereocenters. The van der Waals surface area contributed by atoms with Gasteiger partial charge >= 0.3 is 11.9 Å². The van der Waals surface area contributed by atoms with E-state index in [2.05, 4.69) is 12.1 Å². The van der Waals surface area contributed by atoms with Crippen LogP contribution in [-0.2, 0) is 30.3 Å². The minimum absolute atomic E-state index is 0.117. The number of benzene rings is 4. The summed E-state index contributed by atoms with van der Waals surface area (Å²) in [7, 11) is 0. The third kappa shape index (κ3) is 3.95. The van der Waals surface area contributed by atoms with Crippen LogP contribution in [0.5, 0.6) is 0 Å². The van der Waals surface area contributed by atoms with Crippen molar-refractivity contribution in [2.75, 3.05) is 0 Å². The number of hydrogen-bond donors (Lipinski definition) is 0. The van der Waals surface area contributed by atoms with Crippen LogP contribution in [0.3, 0.4) is 0 Å². The number of fused-ring (bicyclic) bond motifs is 8. The predicted molar refractivity (Wildman–Crippen MR) is 173 cm³/mol. The highest BCUT2D eigenvalue weighted by Gasteiger charge is 2.58. The molecule has 0 fully saturated rings. The van der Waals surface area contributed by atoms with Crippen molar-refractivity contribution >= 4 is 33.7 Å². The Morgan fingerprint density at radius 3 is 1.40 bits per heavy atom. The van der Waals surface area contributed by atoms with Gasteiger partial charge in [-0.2, -0.15) is 0 Å². The van der Waals surface area contributed by atoms with E-state index in [1.54, 1.807) is 13.8 Å². The van der Waals surface area contributed by atoms with Gasteiger partial charge in [-0.05, 0) is 24.3 Å². The number of rotatable bonds is 6. The molecule has 0 saturated carbocycles. The van der Waals surface area contributed by atoms with Gasteiger partial charge in [-0.25, -0.2) is 9.97 Å². The van der Waals surface area contributed by atoms with E-state index in [4.69, 9.17) is 19.4 Å². The molecular weight excluding hydrogens is 560 g/mol. The molecule has 0 aliphatic heterocycles. The van der Waals surface area contributed by atoms with Crippen molar-refractivity contribution in [3.05, 3.63) is 131 Å². The van der Waals surface area contributed by atoms with E-state index in [9.17, 15) is 9.59 Å². The highest BCUT2D eigenvalue weighted by molar-refractivity contribution is 5.91. The molecule has 2 unspecified atom stereocenters. The highest BCUT2D eigenvalue weighted by Crippen LogP contribution is 2.60. The Balaban J connectivity index is 1.47. The summed E-state index contributed by atoms with van der Waals surface area (Å²) < 4.78 is 13.4. The normalized spacial score (nSPS) is 19.1. The highest BCUT2D eigenvalue weighted by atomic mass is 16.6. The lowest BCUT2D eigenvalue weighted by Crippen LogP contribution is -2.43. The third-order valence-electron chi connectivity index (χ3n) is 9.20. The molecule has 220 valence electrons. The van der Waals surface area contributed by atoms with Gasteiger partial charge in [0.15, 0.2) is 11.2 Å². The van der Waals surface area contributed by atoms with Gasteiger partial charge in [0.2, 0.25) is 0 Å². The van der Waals surface area contributed by atoms with Gasteiger partial charge in [-0.3, -0.25) is 9.59 Å². The second-order valence-corrected chi connectivity index (χ2v) is 11.7. The van der Waals surface area contributed by atoms with Crippen LogP contribution in [0.2, 0.25) is 0 Å². The fraction of sp³-hybridized carbons (Fsp3) is 0.179. The molecule has 6 aromatic rings. The van der Waals surface area contributed by atoms with E-state index in [1.165, 1.54) is 0 Å². The largest absolute Gasteiger partial charge is 0.449 e. The Kier molecular flexibility index (Phi) is 6.10. The van der Waals surface area contributed by atoms with Crippen LogP contribution in [0.4, 0.5) is 0 Å². The van der Waals surface area contributed by atoms with Crippen molar-refractivity contribution < 1.29 is 19.1 Å². The number of carbonyl (C=O) groups is 2. The fourth-order valence-corrected chi connectivity index (χ4v) is 7.19. The van der Waals surface area contributed by atoms with Crippen LogP contribution in [0.1, 0.15) is 55.4 Å². The van der Waals surface area contributed by atoms with Crippen molar-refractivity contribution in [1.29, 1.82) is 0 Å². The maximum absolute atomic E-state index is 13.5. The molecule has 2 aliphatic rings. The number of aromatic nitrogens is 2. The number of para-hydroxylation sites is 2. The van der Waals surface area contributed by atoms with Crippen molar-refractivity contribution in [3.8, 4) is 22.5 Å². The van der Waals surface area contributed by atoms with E-state index in [0.717, 1.165) is 66.6 Å². The molecule has 0 N–H and O–H groups in total. The summed E-state index contributed by atoms with van der Waals surface area (Å²) in [6.07, 6.45) is 0.480. The number of ether oxygens (including phenoxy) is 2. The third-order valence-corrected chi connectivity index (χ3v) is 9.20. The molecule has 45 heavy (non-hydrogen) atoms. The predicted octanol–water partition coefficient (Wildman–Crippen LogP) is 8.23. The van der Waals surface area contributed by atoms with Crippen molar-refractivity contribution in [1.82, 2.24) is 9.97 Å². The van der Waals surface area contributed by atoms with Crippen molar-refractivity contribution in [2.45, 2.75) is 44.3 Å². The van der Waals surface area contributed by atoms with E-state index in [-0.39, 0.29) is 31.2 Å². The van der Waals surface area contributed by atoms with Gasteiger partial charge in [0, 0.05) is 63.4 Å². The average Bonchev–Trinajstić information content (AvgIpc) is 3.48. The lowest BCUT2D eigenvalue weighted by Gasteiger charge is -2.41. The molecule has 6 heteroatoms. The first-order valence-corrected chi connectivity index (χ1v) is 15.4. The molecule has 6 nitrogen and oxygen atoms in total. The zero-order valence-electron chi connectivity index (χ0n) is 25.0. The molecule has 0 saturated heterocycles. The summed E-state index contributed by atoms with van der Waals surface area (Å²) in [6.45, 7) is 3.58. The molecule has 4 aromatic carbocycles. The smallest absolute Gasteiger partial charge is 0.306 e. The number of pyridine rings is 2. The first kappa shape index (κ1) is 27.2. The Hall–Kier alpha value is -5.36. The number of esters is 2. The zero-order valence-corrected chi connectivity index (χ0v) is 25.0. The average molecular weight is 591 g/mol. The van der Waals surface area contributed by atoms with Gasteiger partial charge in [0.1, 0.15) is 0 Å². The Morgan fingerprint density at radius 1 is 0.556 bits per heavy atom. The molecule has 0 radical (unpaired) electrons. The Labute approximate surface area is 260 Å². The molecular formula is C39H30N2O4. The van der Waals surface area contributed by atoms with E-state index < -0.39 is 11.2 Å². The monoisotopic (exact) mass is 590 g/mol. The molecule has 2 heterocycles. The van der Waals surface area contributed by atoms with Gasteiger partial charge < -0.3 is 9.47 Å². The van der Waals surface area contributed by atoms with Gasteiger partial charge in [0.05, 0.1) is 22.4 Å². The Bertz CT molecular complexity index is 2040. The summed E-state index contributed by atoms with van der Waals surface area (Å²) in [5, 5.41) is 1.86. The fourth-order valence-electron chi connectivity index (χ4n) is 7.19. The van der Waals surface area contributed by atoms with Gasteiger partial charge in [-0.1, -0.05) is 98.8 Å². The maximum Gasteiger partial charge on any atom is 0.306 e. The van der Waals surface area contributed by atoms with Crippen LogP contribution >= 0.6 is 0 Å². The lowest BCUT2D eigenvalue weighted by molar-refractivity contribution is -0.170. The summed E-state index contributed by atoms with van der Waals surface area (Å²) in [5.41, 5.74) is 5.55. The van der Waals surface area contributed by atoms with Crippen LogP contribution in [-0.4, -0.2) is 21.9 Å². The molecule has 8 rings (SSSR count). The summed E-state index contributed by atoms with van der Waals surface area (Å²) in [6, 6.07) is 35.9. The standard InChI is InChI=1S/C39H30N2O4/c1-3-34(42)44-38(28-17-9-7-15-26(28)36-30(38)21-24-13-5-11-19-32(24)40-36)23-39(45-35(43)4-2)29-18-10-8-16-27(29)37-31(39)22-25-14-6-12-20-33(25)41-37/h5-22H,3-4,23H2,1-2H3. The lowest BCUT2D eigenvalue weighted by atomic mass is 9.75. The van der Waals surface area contributed by atoms with Crippen LogP contribution in [0.25, 0.3) is 44.3 Å². The summed E-state index contributed by atoms with van der Waals surface area (Å²) in [4.78, 5) is 37.3. The summed E-state index contributed by atoms with van der Waals surface area (Å²) >= 11 is 0. The topological polar surface area (TPSA) is 78.4 Å². The molecule has 0 amide bonds. The zero-order chi connectivity index (χ0) is 30.8. The van der Waals surface area contributed by atoms with E-state index >= 15 is 0 Å². The SMILES string of the molecule is CCC(=O)OC1(CC2(OC(=O)CC)c3ccccc3-c3nc4ccccc4cc32)c2ccccc2-c2nc3ccccc3cc21. The van der Waals surface area contributed by atoms with Crippen LogP contribution in [0, 0.1) is 0 Å². The first-order chi connectivity index (χ1) is 22.0. The van der Waals surface area contributed by atoms with Crippen LogP contribution in [0.15, 0.2) is 109 Å². The van der Waals surface area contributed by atoms with E-state index in [0.29, 0.717) is 0 Å². The van der Waals surface area contributed by atoms with E-state index in [1.807, 2.05) is 97.1 Å². The number of carbonyl (C=O) groups excluding carboxylic acids is 2. The maximum atomic E-state index is 13.5. The Morgan fingerprint density at radius 2 is 0.956 bits per heavy atom. The molecule has 0 spiro atoms. The number of nitrogens with zero attached hydrogens (tertiary/aromatic N) is 2. The molecule has 2 aliphatic carbocycles. The molecule has 0 bridgehead atoms. The minimum atomic E-state index is -1.32. The van der Waals surface area contributed by atoms with Gasteiger partial charge in [-0.15, -0.1) is 0 Å². The summed E-state index contributed by atoms with van der Waals surface area (Å²) in [5.74, 6) is -0.711. The second kappa shape index (κ2) is 10.1. The molecule has 2 aromatic heterocycles. The van der Waals surface area contributed by atoms with Crippen molar-refractivity contribution in [2.24, 2.45) is 0 Å². The quantitative estimate of drug-likeness (QED) is 0.182. The second-order valence-electron chi connectivity index (χ2n) is 11.7. The van der Waals surface area contributed by atoms with Gasteiger partial charge in [0.25, 0.3) is 0 Å². The minimum Gasteiger partial charge on any atom is -0.449 e. The first-order valence-electron chi connectivity index (χ1n) is 15.4. The number of hydrogen-bond acceptors (Lipinski definition) is 6. The van der Waals surface area contributed by atoms with Crippen molar-refractivity contribution in [3.63, 3.8) is 0 Å². The van der Waals surface area contributed by atoms with Crippen LogP contribution < -0.4 is 0 Å².